The molecule has 0 amide bonds. The maximum atomic E-state index is 6.09. The van der Waals surface area contributed by atoms with E-state index in [2.05, 4.69) is 41.0 Å². The lowest BCUT2D eigenvalue weighted by Crippen LogP contribution is -2.54. The lowest BCUT2D eigenvalue weighted by atomic mass is 9.96. The van der Waals surface area contributed by atoms with E-state index in [0.29, 0.717) is 6.04 Å². The molecule has 116 valence electrons. The van der Waals surface area contributed by atoms with Crippen molar-refractivity contribution in [1.82, 2.24) is 4.90 Å². The summed E-state index contributed by atoms with van der Waals surface area (Å²) < 4.78 is 0. The topological polar surface area (TPSA) is 32.5 Å². The Balaban J connectivity index is 1.59. The van der Waals surface area contributed by atoms with E-state index in [1.54, 1.807) is 0 Å². The largest absolute Gasteiger partial charge is 0.369 e. The molecule has 1 unspecified atom stereocenters. The third-order valence-electron chi connectivity index (χ3n) is 5.34. The van der Waals surface area contributed by atoms with Crippen LogP contribution in [0.1, 0.15) is 31.2 Å². The van der Waals surface area contributed by atoms with Gasteiger partial charge in [-0.3, -0.25) is 4.90 Å². The molecule has 0 spiro atoms. The van der Waals surface area contributed by atoms with Crippen molar-refractivity contribution >= 4 is 5.69 Å². The first-order valence-corrected chi connectivity index (χ1v) is 8.53. The summed E-state index contributed by atoms with van der Waals surface area (Å²) in [6.07, 6.45) is 5.59. The highest BCUT2D eigenvalue weighted by Crippen LogP contribution is 2.30. The summed E-state index contributed by atoms with van der Waals surface area (Å²) in [5.41, 5.74) is 8.82. The van der Waals surface area contributed by atoms with Crippen LogP contribution in [-0.4, -0.2) is 43.7 Å². The van der Waals surface area contributed by atoms with Crippen LogP contribution in [0.2, 0.25) is 0 Å². The molecule has 0 radical (unpaired) electrons. The first kappa shape index (κ1) is 14.9. The van der Waals surface area contributed by atoms with Crippen LogP contribution < -0.4 is 10.6 Å². The molecule has 1 atom stereocenters. The maximum Gasteiger partial charge on any atom is 0.0369 e. The van der Waals surface area contributed by atoms with E-state index in [9.17, 15) is 0 Å². The number of benzene rings is 1. The SMILES string of the molecule is Cc1cccc(N2CCN(C(CN)C3CCCC3)CC2)c1. The summed E-state index contributed by atoms with van der Waals surface area (Å²) in [5, 5.41) is 0. The van der Waals surface area contributed by atoms with E-state index in [0.717, 1.165) is 38.6 Å². The fourth-order valence-corrected chi connectivity index (χ4v) is 4.12. The molecule has 2 N–H and O–H groups in total. The van der Waals surface area contributed by atoms with E-state index >= 15 is 0 Å². The number of piperazine rings is 1. The van der Waals surface area contributed by atoms with Gasteiger partial charge in [-0.1, -0.05) is 25.0 Å². The van der Waals surface area contributed by atoms with Gasteiger partial charge in [-0.05, 0) is 43.4 Å². The number of nitrogens with zero attached hydrogens (tertiary/aromatic N) is 2. The van der Waals surface area contributed by atoms with Crippen LogP contribution in [0.15, 0.2) is 24.3 Å². The summed E-state index contributed by atoms with van der Waals surface area (Å²) in [7, 11) is 0. The fraction of sp³-hybridized carbons (Fsp3) is 0.667. The summed E-state index contributed by atoms with van der Waals surface area (Å²) in [6.45, 7) is 7.58. The molecular formula is C18H29N3. The second-order valence-electron chi connectivity index (χ2n) is 6.71. The van der Waals surface area contributed by atoms with Crippen LogP contribution >= 0.6 is 0 Å². The number of hydrogen-bond acceptors (Lipinski definition) is 3. The van der Waals surface area contributed by atoms with Crippen molar-refractivity contribution in [3.05, 3.63) is 29.8 Å². The van der Waals surface area contributed by atoms with Crippen molar-refractivity contribution in [3.63, 3.8) is 0 Å². The molecule has 1 aliphatic carbocycles. The molecule has 2 aliphatic rings. The Kier molecular flexibility index (Phi) is 4.81. The zero-order valence-corrected chi connectivity index (χ0v) is 13.3. The van der Waals surface area contributed by atoms with Gasteiger partial charge >= 0.3 is 0 Å². The van der Waals surface area contributed by atoms with Crippen LogP contribution in [0.4, 0.5) is 5.69 Å². The van der Waals surface area contributed by atoms with Crippen LogP contribution in [-0.2, 0) is 0 Å². The second-order valence-corrected chi connectivity index (χ2v) is 6.71. The summed E-state index contributed by atoms with van der Waals surface area (Å²) in [5.74, 6) is 0.848. The molecule has 1 saturated carbocycles. The van der Waals surface area contributed by atoms with E-state index in [4.69, 9.17) is 5.73 Å². The first-order chi connectivity index (χ1) is 10.3. The van der Waals surface area contributed by atoms with Gasteiger partial charge in [0.1, 0.15) is 0 Å². The second kappa shape index (κ2) is 6.80. The van der Waals surface area contributed by atoms with Crippen LogP contribution in [0, 0.1) is 12.8 Å². The lowest BCUT2D eigenvalue weighted by Gasteiger charge is -2.42. The highest BCUT2D eigenvalue weighted by molar-refractivity contribution is 5.48. The normalized spacial score (nSPS) is 22.7. The lowest BCUT2D eigenvalue weighted by molar-refractivity contribution is 0.139. The monoisotopic (exact) mass is 287 g/mol. The molecule has 1 aromatic carbocycles. The van der Waals surface area contributed by atoms with Gasteiger partial charge in [-0.25, -0.2) is 0 Å². The van der Waals surface area contributed by atoms with Gasteiger partial charge in [-0.2, -0.15) is 0 Å². The third-order valence-corrected chi connectivity index (χ3v) is 5.34. The molecule has 0 aromatic heterocycles. The number of rotatable bonds is 4. The molecule has 3 heteroatoms. The van der Waals surface area contributed by atoms with E-state index in [-0.39, 0.29) is 0 Å². The predicted molar refractivity (Wildman–Crippen MR) is 89.8 cm³/mol. The quantitative estimate of drug-likeness (QED) is 0.924. The summed E-state index contributed by atoms with van der Waals surface area (Å²) in [4.78, 5) is 5.17. The molecule has 3 rings (SSSR count). The van der Waals surface area contributed by atoms with E-state index in [1.165, 1.54) is 36.9 Å². The zero-order valence-electron chi connectivity index (χ0n) is 13.3. The molecule has 1 saturated heterocycles. The Bertz CT molecular complexity index is 446. The standard InChI is InChI=1S/C18H29N3/c1-15-5-4-8-17(13-15)20-9-11-21(12-10-20)18(14-19)16-6-2-3-7-16/h4-5,8,13,16,18H,2-3,6-7,9-12,14,19H2,1H3. The van der Waals surface area contributed by atoms with Gasteiger partial charge in [0, 0.05) is 44.5 Å². The molecule has 3 nitrogen and oxygen atoms in total. The van der Waals surface area contributed by atoms with Crippen molar-refractivity contribution in [1.29, 1.82) is 0 Å². The Hall–Kier alpha value is -1.06. The van der Waals surface area contributed by atoms with Crippen molar-refractivity contribution in [2.75, 3.05) is 37.6 Å². The van der Waals surface area contributed by atoms with Gasteiger partial charge < -0.3 is 10.6 Å². The Morgan fingerprint density at radius 2 is 1.86 bits per heavy atom. The van der Waals surface area contributed by atoms with Gasteiger partial charge in [0.15, 0.2) is 0 Å². The van der Waals surface area contributed by atoms with E-state index < -0.39 is 0 Å². The predicted octanol–water partition coefficient (Wildman–Crippen LogP) is 2.63. The van der Waals surface area contributed by atoms with Crippen molar-refractivity contribution < 1.29 is 0 Å². The minimum Gasteiger partial charge on any atom is -0.369 e. The molecular weight excluding hydrogens is 258 g/mol. The maximum absolute atomic E-state index is 6.09. The fourth-order valence-electron chi connectivity index (χ4n) is 4.12. The highest BCUT2D eigenvalue weighted by atomic mass is 15.3. The van der Waals surface area contributed by atoms with Crippen LogP contribution in [0.3, 0.4) is 0 Å². The van der Waals surface area contributed by atoms with Crippen molar-refractivity contribution in [2.45, 2.75) is 38.6 Å². The Morgan fingerprint density at radius 1 is 1.14 bits per heavy atom. The molecule has 1 aliphatic heterocycles. The van der Waals surface area contributed by atoms with E-state index in [1.807, 2.05) is 0 Å². The Labute approximate surface area is 129 Å². The molecule has 0 bridgehead atoms. The molecule has 21 heavy (non-hydrogen) atoms. The smallest absolute Gasteiger partial charge is 0.0369 e. The summed E-state index contributed by atoms with van der Waals surface area (Å²) >= 11 is 0. The number of anilines is 1. The van der Waals surface area contributed by atoms with Crippen molar-refractivity contribution in [3.8, 4) is 0 Å². The number of nitrogens with two attached hydrogens (primary N) is 1. The third kappa shape index (κ3) is 3.41. The van der Waals surface area contributed by atoms with Crippen molar-refractivity contribution in [2.24, 2.45) is 11.7 Å². The molecule has 1 aromatic rings. The first-order valence-electron chi connectivity index (χ1n) is 8.53. The summed E-state index contributed by atoms with van der Waals surface area (Å²) in [6, 6.07) is 9.49. The number of aryl methyl sites for hydroxylation is 1. The van der Waals surface area contributed by atoms with Gasteiger partial charge in [0.05, 0.1) is 0 Å². The number of hydrogen-bond donors (Lipinski definition) is 1. The molecule has 1 heterocycles. The van der Waals surface area contributed by atoms with Gasteiger partial charge in [0.2, 0.25) is 0 Å². The highest BCUT2D eigenvalue weighted by Gasteiger charge is 2.30. The Morgan fingerprint density at radius 3 is 2.48 bits per heavy atom. The van der Waals surface area contributed by atoms with Crippen LogP contribution in [0.25, 0.3) is 0 Å². The minimum absolute atomic E-state index is 0.618. The molecule has 2 fully saturated rings. The van der Waals surface area contributed by atoms with Gasteiger partial charge in [0.25, 0.3) is 0 Å². The average molecular weight is 287 g/mol. The minimum atomic E-state index is 0.618. The average Bonchev–Trinajstić information content (AvgIpc) is 3.03. The van der Waals surface area contributed by atoms with Gasteiger partial charge in [-0.15, -0.1) is 0 Å². The zero-order chi connectivity index (χ0) is 14.7. The van der Waals surface area contributed by atoms with Crippen LogP contribution in [0.5, 0.6) is 0 Å².